The number of ether oxygens (including phenoxy) is 3. The summed E-state index contributed by atoms with van der Waals surface area (Å²) in [6.45, 7) is 0. The molecule has 0 bridgehead atoms. The second-order valence-corrected chi connectivity index (χ2v) is 5.61. The lowest BCUT2D eigenvalue weighted by molar-refractivity contribution is 0.0593. The molecule has 0 amide bonds. The number of aromatic nitrogens is 2. The molecule has 0 aliphatic carbocycles. The monoisotopic (exact) mass is 350 g/mol. The van der Waals surface area contributed by atoms with Crippen molar-refractivity contribution in [1.29, 1.82) is 0 Å². The van der Waals surface area contributed by atoms with Crippen LogP contribution in [0.5, 0.6) is 11.5 Å². The van der Waals surface area contributed by atoms with Crippen molar-refractivity contribution in [3.05, 3.63) is 59.0 Å². The van der Waals surface area contributed by atoms with Crippen LogP contribution >= 0.6 is 0 Å². The smallest absolute Gasteiger partial charge is 0.345 e. The molecule has 26 heavy (non-hydrogen) atoms. The Morgan fingerprint density at radius 2 is 2.00 bits per heavy atom. The molecule has 0 atom stereocenters. The molecule has 1 aliphatic heterocycles. The Morgan fingerprint density at radius 3 is 2.77 bits per heavy atom. The summed E-state index contributed by atoms with van der Waals surface area (Å²) in [5.41, 5.74) is 1.77. The minimum absolute atomic E-state index is 0.0793. The largest absolute Gasteiger partial charge is 0.496 e. The Kier molecular flexibility index (Phi) is 3.69. The number of esters is 1. The molecule has 130 valence electrons. The van der Waals surface area contributed by atoms with Crippen LogP contribution in [0.15, 0.2) is 42.2 Å². The number of para-hydroxylation sites is 1. The molecule has 0 unspecified atom stereocenters. The van der Waals surface area contributed by atoms with E-state index in [2.05, 4.69) is 10.2 Å². The zero-order valence-electron chi connectivity index (χ0n) is 14.0. The predicted octanol–water partition coefficient (Wildman–Crippen LogP) is 2.97. The summed E-state index contributed by atoms with van der Waals surface area (Å²) in [5, 5.41) is 7.97. The van der Waals surface area contributed by atoms with Crippen molar-refractivity contribution in [2.45, 2.75) is 0 Å². The summed E-state index contributed by atoms with van der Waals surface area (Å²) in [7, 11) is 2.68. The zero-order valence-corrected chi connectivity index (χ0v) is 14.0. The van der Waals surface area contributed by atoms with Crippen LogP contribution in [-0.2, 0) is 4.74 Å². The number of methoxy groups -OCH3 is 2. The molecule has 0 radical (unpaired) electrons. The molecular weight excluding hydrogens is 336 g/mol. The summed E-state index contributed by atoms with van der Waals surface area (Å²) in [4.78, 5) is 24.8. The molecule has 7 nitrogen and oxygen atoms in total. The molecule has 0 saturated heterocycles. The summed E-state index contributed by atoms with van der Waals surface area (Å²) < 4.78 is 15.7. The minimum Gasteiger partial charge on any atom is -0.496 e. The van der Waals surface area contributed by atoms with Gasteiger partial charge in [0.1, 0.15) is 11.3 Å². The third-order valence-electron chi connectivity index (χ3n) is 4.18. The lowest BCUT2D eigenvalue weighted by Gasteiger charge is -2.09. The Morgan fingerprint density at radius 1 is 1.19 bits per heavy atom. The fourth-order valence-electron chi connectivity index (χ4n) is 2.92. The molecule has 2 aromatic carbocycles. The van der Waals surface area contributed by atoms with E-state index in [1.165, 1.54) is 14.2 Å². The van der Waals surface area contributed by atoms with E-state index in [-0.39, 0.29) is 34.2 Å². The van der Waals surface area contributed by atoms with Gasteiger partial charge < -0.3 is 14.2 Å². The Balaban J connectivity index is 1.82. The van der Waals surface area contributed by atoms with E-state index in [1.54, 1.807) is 18.2 Å². The van der Waals surface area contributed by atoms with Gasteiger partial charge in [0.05, 0.1) is 31.0 Å². The van der Waals surface area contributed by atoms with Gasteiger partial charge in [-0.25, -0.2) is 4.79 Å². The van der Waals surface area contributed by atoms with Gasteiger partial charge in [-0.3, -0.25) is 9.89 Å². The normalized spacial score (nSPS) is 14.4. The number of nitrogens with one attached hydrogen (secondary N) is 1. The molecule has 1 aliphatic rings. The predicted molar refractivity (Wildman–Crippen MR) is 93.4 cm³/mol. The van der Waals surface area contributed by atoms with Gasteiger partial charge in [0.15, 0.2) is 11.5 Å². The van der Waals surface area contributed by atoms with E-state index in [4.69, 9.17) is 14.2 Å². The number of carbonyl (C=O) groups excluding carboxylic acids is 2. The summed E-state index contributed by atoms with van der Waals surface area (Å²) >= 11 is 0. The van der Waals surface area contributed by atoms with Crippen molar-refractivity contribution in [3.8, 4) is 11.5 Å². The number of carbonyl (C=O) groups is 2. The average molecular weight is 350 g/mol. The van der Waals surface area contributed by atoms with Gasteiger partial charge in [0, 0.05) is 11.5 Å². The first kappa shape index (κ1) is 15.9. The fourth-order valence-corrected chi connectivity index (χ4v) is 2.92. The number of hydrogen-bond donors (Lipinski definition) is 1. The SMILES string of the molecule is COC(=O)c1c(OC)ccc2c1O/C(=C\c1n[nH]c3ccccc13)C2=O. The third kappa shape index (κ3) is 2.33. The van der Waals surface area contributed by atoms with E-state index in [1.807, 2.05) is 24.3 Å². The van der Waals surface area contributed by atoms with Crippen LogP contribution in [0.25, 0.3) is 17.0 Å². The fraction of sp³-hybridized carbons (Fsp3) is 0.105. The van der Waals surface area contributed by atoms with Crippen LogP contribution in [0, 0.1) is 0 Å². The summed E-state index contributed by atoms with van der Waals surface area (Å²) in [6.07, 6.45) is 1.55. The molecule has 0 saturated carbocycles. The van der Waals surface area contributed by atoms with Crippen molar-refractivity contribution in [3.63, 3.8) is 0 Å². The number of benzene rings is 2. The van der Waals surface area contributed by atoms with Crippen LogP contribution in [0.1, 0.15) is 26.4 Å². The molecule has 1 aromatic heterocycles. The van der Waals surface area contributed by atoms with Crippen molar-refractivity contribution in [2.75, 3.05) is 14.2 Å². The number of fused-ring (bicyclic) bond motifs is 2. The first-order valence-corrected chi connectivity index (χ1v) is 7.80. The molecule has 0 fully saturated rings. The molecule has 2 heterocycles. The number of rotatable bonds is 3. The molecule has 3 aromatic rings. The van der Waals surface area contributed by atoms with Crippen LogP contribution in [0.3, 0.4) is 0 Å². The maximum atomic E-state index is 12.7. The summed E-state index contributed by atoms with van der Waals surface area (Å²) in [5.74, 6) is -0.490. The number of ketones is 1. The quantitative estimate of drug-likeness (QED) is 0.577. The van der Waals surface area contributed by atoms with E-state index < -0.39 is 5.97 Å². The standard InChI is InChI=1S/C19H14N2O5/c1-24-14-8-7-11-17(22)15(26-18(11)16(14)19(23)25-2)9-13-10-5-3-4-6-12(10)20-21-13/h3-9H,1-2H3,(H,20,21)/b15-9-. The van der Waals surface area contributed by atoms with Crippen LogP contribution in [-0.4, -0.2) is 36.2 Å². The zero-order chi connectivity index (χ0) is 18.3. The second kappa shape index (κ2) is 6.03. The van der Waals surface area contributed by atoms with Gasteiger partial charge in [-0.1, -0.05) is 18.2 Å². The number of nitrogens with zero attached hydrogens (tertiary/aromatic N) is 1. The number of aromatic amines is 1. The van der Waals surface area contributed by atoms with Crippen LogP contribution in [0.4, 0.5) is 0 Å². The highest BCUT2D eigenvalue weighted by Crippen LogP contribution is 2.40. The number of Topliss-reactive ketones (excluding diaryl/α,β-unsaturated/α-hetero) is 1. The molecule has 7 heteroatoms. The maximum Gasteiger partial charge on any atom is 0.345 e. The van der Waals surface area contributed by atoms with E-state index in [0.717, 1.165) is 10.9 Å². The van der Waals surface area contributed by atoms with E-state index in [0.29, 0.717) is 5.69 Å². The Bertz CT molecular complexity index is 1080. The highest BCUT2D eigenvalue weighted by Gasteiger charge is 2.34. The second-order valence-electron chi connectivity index (χ2n) is 5.61. The first-order valence-electron chi connectivity index (χ1n) is 7.80. The van der Waals surface area contributed by atoms with Gasteiger partial charge in [-0.15, -0.1) is 0 Å². The van der Waals surface area contributed by atoms with Gasteiger partial charge in [0.25, 0.3) is 0 Å². The van der Waals surface area contributed by atoms with E-state index in [9.17, 15) is 9.59 Å². The molecule has 0 spiro atoms. The average Bonchev–Trinajstić information content (AvgIpc) is 3.22. The maximum absolute atomic E-state index is 12.7. The Hall–Kier alpha value is -3.61. The first-order chi connectivity index (χ1) is 12.6. The lowest BCUT2D eigenvalue weighted by Crippen LogP contribution is -2.06. The highest BCUT2D eigenvalue weighted by atomic mass is 16.5. The third-order valence-corrected chi connectivity index (χ3v) is 4.18. The minimum atomic E-state index is -0.641. The van der Waals surface area contributed by atoms with Crippen molar-refractivity contribution in [2.24, 2.45) is 0 Å². The topological polar surface area (TPSA) is 90.5 Å². The lowest BCUT2D eigenvalue weighted by atomic mass is 10.0. The molecular formula is C19H14N2O5. The van der Waals surface area contributed by atoms with Gasteiger partial charge in [-0.2, -0.15) is 5.10 Å². The van der Waals surface area contributed by atoms with Gasteiger partial charge in [0.2, 0.25) is 5.78 Å². The van der Waals surface area contributed by atoms with Crippen molar-refractivity contribution < 1.29 is 23.8 Å². The number of allylic oxidation sites excluding steroid dienone is 1. The summed E-state index contributed by atoms with van der Waals surface area (Å²) in [6, 6.07) is 10.6. The molecule has 4 rings (SSSR count). The van der Waals surface area contributed by atoms with Crippen molar-refractivity contribution >= 4 is 28.7 Å². The van der Waals surface area contributed by atoms with Gasteiger partial charge in [-0.05, 0) is 18.2 Å². The molecule has 1 N–H and O–H groups in total. The number of H-pyrrole nitrogens is 1. The number of hydrogen-bond acceptors (Lipinski definition) is 6. The van der Waals surface area contributed by atoms with Crippen LogP contribution < -0.4 is 9.47 Å². The van der Waals surface area contributed by atoms with E-state index >= 15 is 0 Å². The van der Waals surface area contributed by atoms with Gasteiger partial charge >= 0.3 is 5.97 Å². The Labute approximate surface area is 148 Å². The highest BCUT2D eigenvalue weighted by molar-refractivity contribution is 6.17. The van der Waals surface area contributed by atoms with Crippen molar-refractivity contribution in [1.82, 2.24) is 10.2 Å². The van der Waals surface area contributed by atoms with Crippen LogP contribution in [0.2, 0.25) is 0 Å².